The molecule has 0 radical (unpaired) electrons. The van der Waals surface area contributed by atoms with Gasteiger partial charge in [0.05, 0.1) is 31.0 Å². The molecule has 45 heavy (non-hydrogen) atoms. The van der Waals surface area contributed by atoms with Crippen molar-refractivity contribution in [2.24, 2.45) is 5.10 Å². The highest BCUT2D eigenvalue weighted by molar-refractivity contribution is 7.92. The summed E-state index contributed by atoms with van der Waals surface area (Å²) in [6.45, 7) is 1.77. The van der Waals surface area contributed by atoms with Crippen molar-refractivity contribution >= 4 is 38.6 Å². The van der Waals surface area contributed by atoms with E-state index < -0.39 is 22.5 Å². The van der Waals surface area contributed by atoms with E-state index in [0.29, 0.717) is 23.9 Å². The lowest BCUT2D eigenvalue weighted by Gasteiger charge is -2.24. The van der Waals surface area contributed by atoms with Gasteiger partial charge in [0.1, 0.15) is 18.9 Å². The van der Waals surface area contributed by atoms with Gasteiger partial charge < -0.3 is 14.2 Å². The topological polar surface area (TPSA) is 107 Å². The standard InChI is InChI=1S/C35H33N3O6S/c1-25-8-17-32(18-9-25)45(40,41)38(30-14-19-33(42-2)34(21-30)43-3)23-35(39)37-36-22-26-11-15-31(16-12-26)44-24-27-10-13-28-6-4-5-7-29(28)20-27/h4-22H,23-24H2,1-3H3,(H,37,39)/b36-22-. The molecule has 0 unspecified atom stereocenters. The Bertz CT molecular complexity index is 1920. The molecule has 9 nitrogen and oxygen atoms in total. The summed E-state index contributed by atoms with van der Waals surface area (Å²) in [5.41, 5.74) is 5.35. The fraction of sp³-hybridized carbons (Fsp3) is 0.143. The van der Waals surface area contributed by atoms with E-state index in [-0.39, 0.29) is 10.6 Å². The number of amides is 1. The molecule has 0 fully saturated rings. The second-order valence-corrected chi connectivity index (χ2v) is 12.1. The Morgan fingerprint density at radius 2 is 1.53 bits per heavy atom. The van der Waals surface area contributed by atoms with Gasteiger partial charge in [-0.3, -0.25) is 9.10 Å². The SMILES string of the molecule is COc1ccc(N(CC(=O)N/N=C\c2ccc(OCc3ccc4ccccc4c3)cc2)S(=O)(=O)c2ccc(C)cc2)cc1OC. The first-order valence-electron chi connectivity index (χ1n) is 14.1. The summed E-state index contributed by atoms with van der Waals surface area (Å²) in [5.74, 6) is 0.804. The molecule has 230 valence electrons. The van der Waals surface area contributed by atoms with Crippen molar-refractivity contribution in [1.82, 2.24) is 5.43 Å². The van der Waals surface area contributed by atoms with Crippen LogP contribution in [0.4, 0.5) is 5.69 Å². The Morgan fingerprint density at radius 3 is 2.24 bits per heavy atom. The first-order chi connectivity index (χ1) is 21.8. The molecule has 0 saturated carbocycles. The zero-order valence-electron chi connectivity index (χ0n) is 25.1. The number of hydrogen-bond donors (Lipinski definition) is 1. The predicted molar refractivity (Wildman–Crippen MR) is 176 cm³/mol. The van der Waals surface area contributed by atoms with Gasteiger partial charge in [-0.1, -0.05) is 54.1 Å². The van der Waals surface area contributed by atoms with Crippen LogP contribution in [0.15, 0.2) is 119 Å². The Morgan fingerprint density at radius 1 is 0.822 bits per heavy atom. The number of hydrazone groups is 1. The third-order valence-corrected chi connectivity index (χ3v) is 8.84. The molecular weight excluding hydrogens is 590 g/mol. The van der Waals surface area contributed by atoms with Gasteiger partial charge in [0.2, 0.25) is 0 Å². The number of nitrogens with one attached hydrogen (secondary N) is 1. The zero-order valence-corrected chi connectivity index (χ0v) is 26.0. The number of fused-ring (bicyclic) bond motifs is 1. The number of methoxy groups -OCH3 is 2. The molecule has 0 atom stereocenters. The van der Waals surface area contributed by atoms with Crippen molar-refractivity contribution in [2.45, 2.75) is 18.4 Å². The van der Waals surface area contributed by atoms with Gasteiger partial charge in [0.15, 0.2) is 11.5 Å². The van der Waals surface area contributed by atoms with Crippen LogP contribution in [0.3, 0.4) is 0 Å². The van der Waals surface area contributed by atoms with Gasteiger partial charge in [-0.2, -0.15) is 5.10 Å². The summed E-state index contributed by atoms with van der Waals surface area (Å²) in [6, 6.07) is 32.7. The Labute approximate surface area is 262 Å². The van der Waals surface area contributed by atoms with Gasteiger partial charge in [-0.15, -0.1) is 0 Å². The minimum Gasteiger partial charge on any atom is -0.493 e. The molecule has 0 spiro atoms. The number of carbonyl (C=O) groups excluding carboxylic acids is 1. The number of ether oxygens (including phenoxy) is 3. The maximum absolute atomic E-state index is 13.7. The van der Waals surface area contributed by atoms with Crippen molar-refractivity contribution in [2.75, 3.05) is 25.1 Å². The van der Waals surface area contributed by atoms with Gasteiger partial charge in [0, 0.05) is 6.07 Å². The largest absolute Gasteiger partial charge is 0.493 e. The van der Waals surface area contributed by atoms with Crippen molar-refractivity contribution in [3.63, 3.8) is 0 Å². The number of aryl methyl sites for hydroxylation is 1. The summed E-state index contributed by atoms with van der Waals surface area (Å²) in [7, 11) is -1.19. The molecule has 0 bridgehead atoms. The maximum Gasteiger partial charge on any atom is 0.264 e. The van der Waals surface area contributed by atoms with E-state index in [9.17, 15) is 13.2 Å². The summed E-state index contributed by atoms with van der Waals surface area (Å²) >= 11 is 0. The summed E-state index contributed by atoms with van der Waals surface area (Å²) in [5, 5.41) is 6.37. The van der Waals surface area contributed by atoms with Crippen LogP contribution in [0.25, 0.3) is 10.8 Å². The van der Waals surface area contributed by atoms with E-state index in [2.05, 4.69) is 34.8 Å². The quantitative estimate of drug-likeness (QED) is 0.133. The van der Waals surface area contributed by atoms with E-state index in [1.807, 2.05) is 49.4 Å². The van der Waals surface area contributed by atoms with Crippen LogP contribution < -0.4 is 23.9 Å². The Hall–Kier alpha value is -5.35. The van der Waals surface area contributed by atoms with Crippen molar-refractivity contribution in [1.29, 1.82) is 0 Å². The van der Waals surface area contributed by atoms with E-state index in [1.54, 1.807) is 24.3 Å². The second kappa shape index (κ2) is 14.0. The molecule has 5 aromatic carbocycles. The van der Waals surface area contributed by atoms with Crippen LogP contribution in [-0.2, 0) is 21.4 Å². The minimum atomic E-state index is -4.12. The molecule has 1 N–H and O–H groups in total. The first-order valence-corrected chi connectivity index (χ1v) is 15.5. The van der Waals surface area contributed by atoms with E-state index in [4.69, 9.17) is 14.2 Å². The van der Waals surface area contributed by atoms with Gasteiger partial charge in [0.25, 0.3) is 15.9 Å². The van der Waals surface area contributed by atoms with Gasteiger partial charge in [-0.05, 0) is 83.4 Å². The second-order valence-electron chi connectivity index (χ2n) is 10.2. The van der Waals surface area contributed by atoms with E-state index in [1.165, 1.54) is 44.0 Å². The molecule has 0 saturated heterocycles. The lowest BCUT2D eigenvalue weighted by atomic mass is 10.1. The van der Waals surface area contributed by atoms with Crippen molar-refractivity contribution in [3.8, 4) is 17.2 Å². The van der Waals surface area contributed by atoms with Crippen LogP contribution in [0, 0.1) is 6.92 Å². The van der Waals surface area contributed by atoms with Crippen LogP contribution in [0.5, 0.6) is 17.2 Å². The molecule has 0 aliphatic heterocycles. The molecular formula is C35H33N3O6S. The first kappa shape index (κ1) is 31.1. The van der Waals surface area contributed by atoms with Crippen LogP contribution in [-0.4, -0.2) is 41.3 Å². The van der Waals surface area contributed by atoms with Gasteiger partial charge in [-0.25, -0.2) is 13.8 Å². The highest BCUT2D eigenvalue weighted by Gasteiger charge is 2.28. The fourth-order valence-electron chi connectivity index (χ4n) is 4.62. The minimum absolute atomic E-state index is 0.0436. The van der Waals surface area contributed by atoms with Crippen molar-refractivity contribution < 1.29 is 27.4 Å². The average Bonchev–Trinajstić information content (AvgIpc) is 3.06. The fourth-order valence-corrected chi connectivity index (χ4v) is 6.04. The molecule has 0 aliphatic carbocycles. The number of rotatable bonds is 12. The van der Waals surface area contributed by atoms with E-state index >= 15 is 0 Å². The normalized spacial score (nSPS) is 11.4. The number of anilines is 1. The highest BCUT2D eigenvalue weighted by Crippen LogP contribution is 2.33. The summed E-state index contributed by atoms with van der Waals surface area (Å²) < 4.78 is 45.0. The number of hydrogen-bond acceptors (Lipinski definition) is 7. The monoisotopic (exact) mass is 623 g/mol. The molecule has 0 aromatic heterocycles. The molecule has 0 heterocycles. The lowest BCUT2D eigenvalue weighted by molar-refractivity contribution is -0.119. The van der Waals surface area contributed by atoms with Gasteiger partial charge >= 0.3 is 0 Å². The smallest absolute Gasteiger partial charge is 0.264 e. The maximum atomic E-state index is 13.7. The molecule has 5 aromatic rings. The number of sulfonamides is 1. The molecule has 1 amide bonds. The molecule has 10 heteroatoms. The Kier molecular flexibility index (Phi) is 9.64. The Balaban J connectivity index is 1.24. The summed E-state index contributed by atoms with van der Waals surface area (Å²) in [4.78, 5) is 13.0. The lowest BCUT2D eigenvalue weighted by Crippen LogP contribution is -2.39. The number of nitrogens with zero attached hydrogens (tertiary/aromatic N) is 2. The highest BCUT2D eigenvalue weighted by atomic mass is 32.2. The van der Waals surface area contributed by atoms with Crippen LogP contribution >= 0.6 is 0 Å². The van der Waals surface area contributed by atoms with Crippen LogP contribution in [0.1, 0.15) is 16.7 Å². The predicted octanol–water partition coefficient (Wildman–Crippen LogP) is 6.09. The average molecular weight is 624 g/mol. The zero-order chi connectivity index (χ0) is 31.8. The third-order valence-electron chi connectivity index (χ3n) is 7.05. The van der Waals surface area contributed by atoms with E-state index in [0.717, 1.165) is 26.4 Å². The van der Waals surface area contributed by atoms with Crippen molar-refractivity contribution in [3.05, 3.63) is 126 Å². The number of carbonyl (C=O) groups is 1. The summed E-state index contributed by atoms with van der Waals surface area (Å²) in [6.07, 6.45) is 1.47. The molecule has 5 rings (SSSR count). The number of benzene rings is 5. The van der Waals surface area contributed by atoms with Crippen LogP contribution in [0.2, 0.25) is 0 Å². The molecule has 0 aliphatic rings. The third kappa shape index (κ3) is 7.60.